The molecule has 24 heavy (non-hydrogen) atoms. The van der Waals surface area contributed by atoms with Gasteiger partial charge in [0.1, 0.15) is 12.4 Å². The van der Waals surface area contributed by atoms with E-state index in [0.717, 1.165) is 5.56 Å². The van der Waals surface area contributed by atoms with E-state index in [9.17, 15) is 8.42 Å². The lowest BCUT2D eigenvalue weighted by Crippen LogP contribution is -2.40. The number of hydrogen-bond acceptors (Lipinski definition) is 4. The Morgan fingerprint density at radius 1 is 1.08 bits per heavy atom. The third-order valence-electron chi connectivity index (χ3n) is 3.92. The lowest BCUT2D eigenvalue weighted by molar-refractivity contribution is 0.0730. The third-order valence-corrected chi connectivity index (χ3v) is 5.83. The summed E-state index contributed by atoms with van der Waals surface area (Å²) in [5, 5.41) is 0. The first-order valence-electron chi connectivity index (χ1n) is 7.92. The summed E-state index contributed by atoms with van der Waals surface area (Å²) < 4.78 is 37.5. The Morgan fingerprint density at radius 3 is 2.46 bits per heavy atom. The highest BCUT2D eigenvalue weighted by Crippen LogP contribution is 2.21. The molecule has 1 fully saturated rings. The summed E-state index contributed by atoms with van der Waals surface area (Å²) in [6, 6.07) is 14.7. The number of nitrogens with zero attached hydrogens (tertiary/aromatic N) is 1. The predicted molar refractivity (Wildman–Crippen MR) is 91.5 cm³/mol. The van der Waals surface area contributed by atoms with Gasteiger partial charge in [-0.2, -0.15) is 4.31 Å². The van der Waals surface area contributed by atoms with E-state index in [0.29, 0.717) is 38.7 Å². The van der Waals surface area contributed by atoms with Crippen LogP contribution >= 0.6 is 0 Å². The van der Waals surface area contributed by atoms with Gasteiger partial charge in [0.25, 0.3) is 0 Å². The highest BCUT2D eigenvalue weighted by molar-refractivity contribution is 7.89. The largest absolute Gasteiger partial charge is 0.489 e. The van der Waals surface area contributed by atoms with Crippen LogP contribution in [0.25, 0.3) is 0 Å². The molecule has 0 radical (unpaired) electrons. The van der Waals surface area contributed by atoms with Crippen LogP contribution in [0, 0.1) is 6.92 Å². The van der Waals surface area contributed by atoms with Crippen molar-refractivity contribution in [2.45, 2.75) is 18.4 Å². The van der Waals surface area contributed by atoms with E-state index in [1.54, 1.807) is 24.3 Å². The molecule has 0 saturated carbocycles. The van der Waals surface area contributed by atoms with E-state index in [1.807, 2.05) is 25.1 Å². The summed E-state index contributed by atoms with van der Waals surface area (Å²) in [4.78, 5) is 0.285. The minimum absolute atomic E-state index is 0.285. The molecule has 2 aromatic rings. The molecule has 3 rings (SSSR count). The van der Waals surface area contributed by atoms with Gasteiger partial charge in [0.05, 0.1) is 18.1 Å². The molecule has 0 aliphatic carbocycles. The molecule has 1 aliphatic rings. The van der Waals surface area contributed by atoms with Crippen LogP contribution in [0.3, 0.4) is 0 Å². The molecule has 0 amide bonds. The number of benzene rings is 2. The Bertz CT molecular complexity index is 781. The van der Waals surface area contributed by atoms with Gasteiger partial charge in [-0.15, -0.1) is 0 Å². The fraction of sp³-hybridized carbons (Fsp3) is 0.333. The van der Waals surface area contributed by atoms with Crippen molar-refractivity contribution in [2.24, 2.45) is 0 Å². The third kappa shape index (κ3) is 3.95. The van der Waals surface area contributed by atoms with Crippen molar-refractivity contribution >= 4 is 10.0 Å². The molecule has 1 aliphatic heterocycles. The molecule has 0 atom stereocenters. The van der Waals surface area contributed by atoms with E-state index >= 15 is 0 Å². The topological polar surface area (TPSA) is 55.8 Å². The van der Waals surface area contributed by atoms with Crippen molar-refractivity contribution in [2.75, 3.05) is 26.3 Å². The highest BCUT2D eigenvalue weighted by atomic mass is 32.2. The summed E-state index contributed by atoms with van der Waals surface area (Å²) in [7, 11) is -3.45. The van der Waals surface area contributed by atoms with Crippen molar-refractivity contribution in [3.8, 4) is 5.75 Å². The Kier molecular flexibility index (Phi) is 5.18. The van der Waals surface area contributed by atoms with Crippen molar-refractivity contribution in [3.63, 3.8) is 0 Å². The summed E-state index contributed by atoms with van der Waals surface area (Å²) in [5.41, 5.74) is 2.27. The molecular weight excluding hydrogens is 326 g/mol. The van der Waals surface area contributed by atoms with Crippen LogP contribution < -0.4 is 4.74 Å². The summed E-state index contributed by atoms with van der Waals surface area (Å²) in [6.07, 6.45) is 0. The maximum atomic E-state index is 12.5. The standard InChI is InChI=1S/C18H21NO4S/c1-15-3-2-4-16(13-15)14-23-17-5-7-18(8-6-17)24(20,21)19-9-11-22-12-10-19/h2-8,13H,9-12,14H2,1H3. The molecule has 1 saturated heterocycles. The summed E-state index contributed by atoms with van der Waals surface area (Å²) >= 11 is 0. The minimum Gasteiger partial charge on any atom is -0.489 e. The number of morpholine rings is 1. The molecule has 5 nitrogen and oxygen atoms in total. The monoisotopic (exact) mass is 347 g/mol. The van der Waals surface area contributed by atoms with Crippen LogP contribution in [-0.2, 0) is 21.4 Å². The summed E-state index contributed by atoms with van der Waals surface area (Å²) in [5.74, 6) is 0.650. The van der Waals surface area contributed by atoms with Crippen LogP contribution in [0.5, 0.6) is 5.75 Å². The van der Waals surface area contributed by atoms with Gasteiger partial charge in [-0.25, -0.2) is 8.42 Å². The molecule has 1 heterocycles. The molecule has 0 N–H and O–H groups in total. The first-order chi connectivity index (χ1) is 11.6. The molecule has 6 heteroatoms. The van der Waals surface area contributed by atoms with Gasteiger partial charge >= 0.3 is 0 Å². The maximum Gasteiger partial charge on any atom is 0.243 e. The van der Waals surface area contributed by atoms with E-state index in [4.69, 9.17) is 9.47 Å². The van der Waals surface area contributed by atoms with Crippen molar-refractivity contribution < 1.29 is 17.9 Å². The minimum atomic E-state index is -3.45. The molecule has 128 valence electrons. The molecular formula is C18H21NO4S. The number of aryl methyl sites for hydroxylation is 1. The molecule has 0 unspecified atom stereocenters. The van der Waals surface area contributed by atoms with Crippen LogP contribution in [-0.4, -0.2) is 39.0 Å². The Balaban J connectivity index is 1.66. The van der Waals surface area contributed by atoms with Crippen LogP contribution in [0.1, 0.15) is 11.1 Å². The van der Waals surface area contributed by atoms with Crippen molar-refractivity contribution in [1.82, 2.24) is 4.31 Å². The van der Waals surface area contributed by atoms with E-state index in [-0.39, 0.29) is 4.90 Å². The molecule has 2 aromatic carbocycles. The molecule has 0 bridgehead atoms. The first kappa shape index (κ1) is 17.0. The van der Waals surface area contributed by atoms with Gasteiger partial charge in [0.2, 0.25) is 10.0 Å². The number of sulfonamides is 1. The maximum absolute atomic E-state index is 12.5. The quantitative estimate of drug-likeness (QED) is 0.834. The highest BCUT2D eigenvalue weighted by Gasteiger charge is 2.26. The summed E-state index contributed by atoms with van der Waals surface area (Å²) in [6.45, 7) is 4.17. The average Bonchev–Trinajstić information content (AvgIpc) is 2.61. The number of ether oxygens (including phenoxy) is 2. The predicted octanol–water partition coefficient (Wildman–Crippen LogP) is 2.59. The number of rotatable bonds is 5. The second-order valence-electron chi connectivity index (χ2n) is 5.77. The van der Waals surface area contributed by atoms with E-state index in [1.165, 1.54) is 9.87 Å². The molecule has 0 aromatic heterocycles. The fourth-order valence-corrected chi connectivity index (χ4v) is 4.02. The molecule has 0 spiro atoms. The Labute approximate surface area is 142 Å². The fourth-order valence-electron chi connectivity index (χ4n) is 2.61. The van der Waals surface area contributed by atoms with Gasteiger partial charge in [-0.1, -0.05) is 29.8 Å². The lowest BCUT2D eigenvalue weighted by Gasteiger charge is -2.26. The van der Waals surface area contributed by atoms with Crippen molar-refractivity contribution in [1.29, 1.82) is 0 Å². The van der Waals surface area contributed by atoms with Crippen LogP contribution in [0.2, 0.25) is 0 Å². The van der Waals surface area contributed by atoms with Gasteiger partial charge in [-0.3, -0.25) is 0 Å². The van der Waals surface area contributed by atoms with Gasteiger partial charge in [-0.05, 0) is 36.8 Å². The second-order valence-corrected chi connectivity index (χ2v) is 7.70. The van der Waals surface area contributed by atoms with E-state index < -0.39 is 10.0 Å². The SMILES string of the molecule is Cc1cccc(COc2ccc(S(=O)(=O)N3CCOCC3)cc2)c1. The zero-order valence-electron chi connectivity index (χ0n) is 13.6. The smallest absolute Gasteiger partial charge is 0.243 e. The van der Waals surface area contributed by atoms with Crippen molar-refractivity contribution in [3.05, 3.63) is 59.7 Å². The second kappa shape index (κ2) is 7.34. The normalized spacial score (nSPS) is 16.0. The number of hydrogen-bond donors (Lipinski definition) is 0. The van der Waals surface area contributed by atoms with Crippen LogP contribution in [0.15, 0.2) is 53.4 Å². The lowest BCUT2D eigenvalue weighted by atomic mass is 10.1. The van der Waals surface area contributed by atoms with Gasteiger partial charge < -0.3 is 9.47 Å². The first-order valence-corrected chi connectivity index (χ1v) is 9.36. The zero-order chi connectivity index (χ0) is 17.0. The van der Waals surface area contributed by atoms with E-state index in [2.05, 4.69) is 6.07 Å². The van der Waals surface area contributed by atoms with Crippen LogP contribution in [0.4, 0.5) is 0 Å². The zero-order valence-corrected chi connectivity index (χ0v) is 14.5. The Morgan fingerprint density at radius 2 is 1.79 bits per heavy atom. The van der Waals surface area contributed by atoms with Gasteiger partial charge in [0, 0.05) is 13.1 Å². The Hall–Kier alpha value is -1.89. The average molecular weight is 347 g/mol. The van der Waals surface area contributed by atoms with Gasteiger partial charge in [0.15, 0.2) is 0 Å².